The number of hydrogen-bond donors (Lipinski definition) is 1. The Balaban J connectivity index is 2.25. The summed E-state index contributed by atoms with van der Waals surface area (Å²) < 4.78 is 1.99. The molecule has 2 aromatic heterocycles. The Morgan fingerprint density at radius 2 is 2.29 bits per heavy atom. The van der Waals surface area contributed by atoms with Crippen LogP contribution in [0.4, 0.5) is 0 Å². The van der Waals surface area contributed by atoms with E-state index in [1.165, 1.54) is 4.88 Å². The molecule has 0 fully saturated rings. The van der Waals surface area contributed by atoms with Crippen LogP contribution in [0.15, 0.2) is 17.5 Å². The zero-order valence-electron chi connectivity index (χ0n) is 10.3. The fourth-order valence-corrected chi connectivity index (χ4v) is 2.50. The summed E-state index contributed by atoms with van der Waals surface area (Å²) in [5.41, 5.74) is 7.78. The number of rotatable bonds is 5. The first-order chi connectivity index (χ1) is 8.20. The van der Waals surface area contributed by atoms with Crippen molar-refractivity contribution in [3.63, 3.8) is 0 Å². The largest absolute Gasteiger partial charge is 0.325 e. The first-order valence-electron chi connectivity index (χ1n) is 5.84. The van der Waals surface area contributed by atoms with Gasteiger partial charge in [-0.3, -0.25) is 0 Å². The van der Waals surface area contributed by atoms with Gasteiger partial charge in [-0.2, -0.15) is 0 Å². The molecule has 2 heterocycles. The second kappa shape index (κ2) is 5.42. The van der Waals surface area contributed by atoms with Gasteiger partial charge in [0.2, 0.25) is 0 Å². The maximum Gasteiger partial charge on any atom is 0.0998 e. The van der Waals surface area contributed by atoms with Crippen LogP contribution in [0.5, 0.6) is 0 Å². The second-order valence-electron chi connectivity index (χ2n) is 4.52. The van der Waals surface area contributed by atoms with Crippen molar-refractivity contribution in [3.8, 4) is 0 Å². The summed E-state index contributed by atoms with van der Waals surface area (Å²) in [6.07, 6.45) is 0.879. The number of nitrogens with two attached hydrogens (primary N) is 1. The lowest BCUT2D eigenvalue weighted by Crippen LogP contribution is -2.11. The molecule has 5 heteroatoms. The van der Waals surface area contributed by atoms with Crippen LogP contribution in [0.25, 0.3) is 0 Å². The van der Waals surface area contributed by atoms with Crippen molar-refractivity contribution in [2.24, 2.45) is 11.7 Å². The molecule has 17 heavy (non-hydrogen) atoms. The number of hydrogen-bond acceptors (Lipinski definition) is 4. The van der Waals surface area contributed by atoms with E-state index < -0.39 is 0 Å². The maximum atomic E-state index is 5.71. The van der Waals surface area contributed by atoms with Crippen LogP contribution in [0, 0.1) is 5.92 Å². The van der Waals surface area contributed by atoms with E-state index in [4.69, 9.17) is 5.73 Å². The predicted octanol–water partition coefficient (Wildman–Crippen LogP) is 2.05. The highest BCUT2D eigenvalue weighted by Gasteiger charge is 2.13. The van der Waals surface area contributed by atoms with E-state index in [-0.39, 0.29) is 0 Å². The third-order valence-corrected chi connectivity index (χ3v) is 3.45. The molecule has 0 saturated carbocycles. The lowest BCUT2D eigenvalue weighted by atomic mass is 10.2. The van der Waals surface area contributed by atoms with Crippen LogP contribution in [-0.4, -0.2) is 15.0 Å². The Morgan fingerprint density at radius 3 is 2.88 bits per heavy atom. The summed E-state index contributed by atoms with van der Waals surface area (Å²) in [4.78, 5) is 1.33. The molecule has 0 atom stereocenters. The average molecular weight is 250 g/mol. The van der Waals surface area contributed by atoms with Crippen LogP contribution in [0.2, 0.25) is 0 Å². The predicted molar refractivity (Wildman–Crippen MR) is 69.9 cm³/mol. The highest BCUT2D eigenvalue weighted by atomic mass is 32.1. The Labute approximate surface area is 105 Å². The normalized spacial score (nSPS) is 11.3. The maximum absolute atomic E-state index is 5.71. The van der Waals surface area contributed by atoms with Gasteiger partial charge in [-0.05, 0) is 17.4 Å². The molecule has 0 radical (unpaired) electrons. The van der Waals surface area contributed by atoms with Gasteiger partial charge in [-0.1, -0.05) is 25.1 Å². The van der Waals surface area contributed by atoms with Crippen LogP contribution in [-0.2, 0) is 19.5 Å². The third-order valence-electron chi connectivity index (χ3n) is 2.57. The minimum absolute atomic E-state index is 0.457. The Bertz CT molecular complexity index is 459. The van der Waals surface area contributed by atoms with E-state index in [1.807, 2.05) is 4.68 Å². The van der Waals surface area contributed by atoms with E-state index >= 15 is 0 Å². The molecule has 0 aromatic carbocycles. The van der Waals surface area contributed by atoms with Crippen molar-refractivity contribution in [1.29, 1.82) is 0 Å². The third kappa shape index (κ3) is 2.92. The highest BCUT2D eigenvalue weighted by molar-refractivity contribution is 7.09. The minimum atomic E-state index is 0.457. The Kier molecular flexibility index (Phi) is 3.91. The molecule has 2 aromatic rings. The van der Waals surface area contributed by atoms with Crippen molar-refractivity contribution in [2.75, 3.05) is 0 Å². The fraction of sp³-hybridized carbons (Fsp3) is 0.500. The lowest BCUT2D eigenvalue weighted by Gasteiger charge is -2.09. The van der Waals surface area contributed by atoms with E-state index in [0.717, 1.165) is 24.4 Å². The smallest absolute Gasteiger partial charge is 0.0998 e. The first-order valence-corrected chi connectivity index (χ1v) is 6.72. The minimum Gasteiger partial charge on any atom is -0.325 e. The van der Waals surface area contributed by atoms with E-state index in [2.05, 4.69) is 41.7 Å². The topological polar surface area (TPSA) is 56.7 Å². The van der Waals surface area contributed by atoms with Gasteiger partial charge in [-0.25, -0.2) is 4.68 Å². The molecular weight excluding hydrogens is 232 g/mol. The van der Waals surface area contributed by atoms with Gasteiger partial charge in [0.25, 0.3) is 0 Å². The van der Waals surface area contributed by atoms with Crippen molar-refractivity contribution in [1.82, 2.24) is 15.0 Å². The summed E-state index contributed by atoms with van der Waals surface area (Å²) in [5.74, 6) is 0.560. The lowest BCUT2D eigenvalue weighted by molar-refractivity contribution is 0.461. The molecule has 0 spiro atoms. The zero-order valence-corrected chi connectivity index (χ0v) is 11.1. The van der Waals surface area contributed by atoms with Gasteiger partial charge in [0, 0.05) is 24.4 Å². The van der Waals surface area contributed by atoms with Gasteiger partial charge in [0.15, 0.2) is 0 Å². The quantitative estimate of drug-likeness (QED) is 0.883. The molecule has 92 valence electrons. The molecule has 0 saturated heterocycles. The first kappa shape index (κ1) is 12.3. The van der Waals surface area contributed by atoms with Crippen molar-refractivity contribution < 1.29 is 0 Å². The summed E-state index contributed by atoms with van der Waals surface area (Å²) >= 11 is 1.76. The van der Waals surface area contributed by atoms with Crippen LogP contribution in [0.3, 0.4) is 0 Å². The molecule has 0 amide bonds. The van der Waals surface area contributed by atoms with Gasteiger partial charge in [0.1, 0.15) is 0 Å². The Morgan fingerprint density at radius 1 is 1.47 bits per heavy atom. The van der Waals surface area contributed by atoms with Crippen molar-refractivity contribution in [3.05, 3.63) is 33.8 Å². The molecule has 4 nitrogen and oxygen atoms in total. The standard InChI is InChI=1S/C12H18N4S/c1-9(2)8-16-12(11(7-13)14-15-16)6-10-4-3-5-17-10/h3-5,9H,6-8,13H2,1-2H3. The summed E-state index contributed by atoms with van der Waals surface area (Å²) in [5, 5.41) is 10.5. The number of thiophene rings is 1. The van der Waals surface area contributed by atoms with Gasteiger partial charge >= 0.3 is 0 Å². The molecular formula is C12H18N4S. The van der Waals surface area contributed by atoms with Gasteiger partial charge < -0.3 is 5.73 Å². The average Bonchev–Trinajstić information content (AvgIpc) is 2.90. The molecule has 2 rings (SSSR count). The molecule has 2 N–H and O–H groups in total. The fourth-order valence-electron chi connectivity index (χ4n) is 1.79. The van der Waals surface area contributed by atoms with E-state index in [1.54, 1.807) is 11.3 Å². The number of nitrogens with zero attached hydrogens (tertiary/aromatic N) is 3. The zero-order chi connectivity index (χ0) is 12.3. The van der Waals surface area contributed by atoms with Gasteiger partial charge in [-0.15, -0.1) is 16.4 Å². The second-order valence-corrected chi connectivity index (χ2v) is 5.55. The Hall–Kier alpha value is -1.20. The molecule has 0 unspecified atom stereocenters. The van der Waals surface area contributed by atoms with Crippen LogP contribution < -0.4 is 5.73 Å². The molecule has 0 aliphatic carbocycles. The highest BCUT2D eigenvalue weighted by Crippen LogP contribution is 2.17. The van der Waals surface area contributed by atoms with Crippen molar-refractivity contribution >= 4 is 11.3 Å². The molecule has 0 bridgehead atoms. The van der Waals surface area contributed by atoms with Gasteiger partial charge in [0.05, 0.1) is 11.4 Å². The van der Waals surface area contributed by atoms with Crippen LogP contribution >= 0.6 is 11.3 Å². The van der Waals surface area contributed by atoms with Crippen molar-refractivity contribution in [2.45, 2.75) is 33.4 Å². The molecule has 0 aliphatic rings. The van der Waals surface area contributed by atoms with Crippen LogP contribution in [0.1, 0.15) is 30.1 Å². The SMILES string of the molecule is CC(C)Cn1nnc(CN)c1Cc1cccs1. The number of aromatic nitrogens is 3. The monoisotopic (exact) mass is 250 g/mol. The molecule has 0 aliphatic heterocycles. The summed E-state index contributed by atoms with van der Waals surface area (Å²) in [7, 11) is 0. The summed E-state index contributed by atoms with van der Waals surface area (Å²) in [6, 6.07) is 4.20. The van der Waals surface area contributed by atoms with E-state index in [0.29, 0.717) is 12.5 Å². The van der Waals surface area contributed by atoms with E-state index in [9.17, 15) is 0 Å². The summed E-state index contributed by atoms with van der Waals surface area (Å²) in [6.45, 7) is 5.71.